The fourth-order valence-corrected chi connectivity index (χ4v) is 1.39. The Kier molecular flexibility index (Phi) is 7.45. The summed E-state index contributed by atoms with van der Waals surface area (Å²) < 4.78 is 82.6. The van der Waals surface area contributed by atoms with Gasteiger partial charge in [0.05, 0.1) is 12.8 Å². The number of hydrogen-bond donors (Lipinski definition) is 0. The summed E-state index contributed by atoms with van der Waals surface area (Å²) in [7, 11) is 0. The molecule has 9 heteroatoms. The van der Waals surface area contributed by atoms with Crippen LogP contribution in [-0.2, 0) is 4.79 Å². The van der Waals surface area contributed by atoms with E-state index in [9.17, 15) is 35.5 Å². The second-order valence-corrected chi connectivity index (χ2v) is 4.07. The van der Waals surface area contributed by atoms with Crippen LogP contribution in [0.1, 0.15) is 19.3 Å². The zero-order valence-corrected chi connectivity index (χ0v) is 10.9. The Labute approximate surface area is 116 Å². The summed E-state index contributed by atoms with van der Waals surface area (Å²) in [6.07, 6.45) is -2.61. The van der Waals surface area contributed by atoms with E-state index >= 15 is 0 Å². The minimum Gasteiger partial charge on any atom is -0.320 e. The molecule has 1 saturated heterocycles. The molecule has 1 aliphatic rings. The van der Waals surface area contributed by atoms with Gasteiger partial charge in [0.15, 0.2) is 0 Å². The van der Waals surface area contributed by atoms with E-state index in [1.807, 2.05) is 0 Å². The Hall–Kier alpha value is -1.54. The molecule has 0 spiro atoms. The van der Waals surface area contributed by atoms with Crippen LogP contribution in [-0.4, -0.2) is 35.9 Å². The normalized spacial score (nSPS) is 15.4. The highest BCUT2D eigenvalue weighted by Gasteiger charge is 2.54. The highest BCUT2D eigenvalue weighted by molar-refractivity contribution is 5.78. The molecule has 0 atom stereocenters. The number of carbonyl (C=O) groups excluding carboxylic acids is 1. The summed E-state index contributed by atoms with van der Waals surface area (Å²) in [5.74, 6) is -9.59. The first kappa shape index (κ1) is 19.5. The van der Waals surface area contributed by atoms with Gasteiger partial charge in [0.25, 0.3) is 6.08 Å². The molecule has 0 unspecified atom stereocenters. The predicted molar refractivity (Wildman–Crippen MR) is 61.9 cm³/mol. The van der Waals surface area contributed by atoms with Crippen LogP contribution in [0.5, 0.6) is 0 Å². The summed E-state index contributed by atoms with van der Waals surface area (Å²) in [5, 5.41) is 0. The molecule has 1 fully saturated rings. The smallest absolute Gasteiger partial charge is 0.320 e. The fourth-order valence-electron chi connectivity index (χ4n) is 1.39. The van der Waals surface area contributed by atoms with Crippen LogP contribution in [0.2, 0.25) is 0 Å². The first-order valence-corrected chi connectivity index (χ1v) is 5.85. The van der Waals surface area contributed by atoms with Gasteiger partial charge in [-0.15, -0.1) is 0 Å². The SMILES string of the molecule is C=CN1CCCC1=O.FCCC(F)(F)C(F)(F)C=C(F)F. The monoisotopic (exact) mass is 321 g/mol. The number of likely N-dealkylation sites (tertiary alicyclic amines) is 1. The molecule has 0 N–H and O–H groups in total. The number of halogens is 7. The van der Waals surface area contributed by atoms with E-state index in [4.69, 9.17) is 0 Å². The van der Waals surface area contributed by atoms with Crippen molar-refractivity contribution in [2.45, 2.75) is 31.1 Å². The maximum Gasteiger partial charge on any atom is 0.334 e. The number of allylic oxidation sites excluding steroid dienone is 1. The summed E-state index contributed by atoms with van der Waals surface area (Å²) >= 11 is 0. The number of alkyl halides is 5. The van der Waals surface area contributed by atoms with E-state index < -0.39 is 37.1 Å². The topological polar surface area (TPSA) is 20.3 Å². The van der Waals surface area contributed by atoms with Gasteiger partial charge in [-0.05, 0) is 12.6 Å². The molecular weight excluding hydrogens is 307 g/mol. The van der Waals surface area contributed by atoms with Crippen molar-refractivity contribution < 1.29 is 35.5 Å². The van der Waals surface area contributed by atoms with Gasteiger partial charge in [-0.3, -0.25) is 9.18 Å². The number of nitrogens with zero attached hydrogens (tertiary/aromatic N) is 1. The fraction of sp³-hybridized carbons (Fsp3) is 0.583. The van der Waals surface area contributed by atoms with Gasteiger partial charge >= 0.3 is 11.8 Å². The van der Waals surface area contributed by atoms with Crippen LogP contribution in [0.3, 0.4) is 0 Å². The lowest BCUT2D eigenvalue weighted by Gasteiger charge is -2.22. The minimum atomic E-state index is -5.02. The summed E-state index contributed by atoms with van der Waals surface area (Å²) in [5.41, 5.74) is 0. The molecule has 122 valence electrons. The molecule has 2 nitrogen and oxygen atoms in total. The van der Waals surface area contributed by atoms with Crippen molar-refractivity contribution in [3.63, 3.8) is 0 Å². The lowest BCUT2D eigenvalue weighted by Crippen LogP contribution is -2.39. The van der Waals surface area contributed by atoms with Crippen LogP contribution in [0, 0.1) is 0 Å². The van der Waals surface area contributed by atoms with E-state index in [1.165, 1.54) is 0 Å². The summed E-state index contributed by atoms with van der Waals surface area (Å²) in [6, 6.07) is 0. The maximum absolute atomic E-state index is 12.2. The van der Waals surface area contributed by atoms with Gasteiger partial charge in [0, 0.05) is 19.4 Å². The second-order valence-electron chi connectivity index (χ2n) is 4.07. The zero-order valence-electron chi connectivity index (χ0n) is 10.9. The van der Waals surface area contributed by atoms with Gasteiger partial charge < -0.3 is 4.90 Å². The third-order valence-electron chi connectivity index (χ3n) is 2.52. The van der Waals surface area contributed by atoms with Crippen LogP contribution >= 0.6 is 0 Å². The number of carbonyl (C=O) groups is 1. The van der Waals surface area contributed by atoms with Gasteiger partial charge in [0.1, 0.15) is 0 Å². The minimum absolute atomic E-state index is 0.208. The second kappa shape index (κ2) is 8.04. The molecule has 0 radical (unpaired) electrons. The van der Waals surface area contributed by atoms with Crippen LogP contribution < -0.4 is 0 Å². The molecule has 0 aromatic rings. The van der Waals surface area contributed by atoms with Crippen molar-refractivity contribution in [2.24, 2.45) is 0 Å². The third kappa shape index (κ3) is 6.17. The van der Waals surface area contributed by atoms with Crippen LogP contribution in [0.25, 0.3) is 0 Å². The average molecular weight is 321 g/mol. The molecule has 1 rings (SSSR count). The predicted octanol–water partition coefficient (Wildman–Crippen LogP) is 4.15. The lowest BCUT2D eigenvalue weighted by atomic mass is 10.1. The van der Waals surface area contributed by atoms with Crippen LogP contribution in [0.15, 0.2) is 24.9 Å². The van der Waals surface area contributed by atoms with Crippen LogP contribution in [0.4, 0.5) is 30.7 Å². The van der Waals surface area contributed by atoms with Crippen molar-refractivity contribution in [1.82, 2.24) is 4.90 Å². The Bertz CT molecular complexity index is 391. The molecule has 0 aromatic carbocycles. The van der Waals surface area contributed by atoms with Gasteiger partial charge in [-0.1, -0.05) is 6.58 Å². The molecular formula is C12H14F7NO. The highest BCUT2D eigenvalue weighted by atomic mass is 19.3. The Morgan fingerprint density at radius 3 is 2.14 bits per heavy atom. The number of rotatable bonds is 5. The van der Waals surface area contributed by atoms with E-state index in [0.29, 0.717) is 6.42 Å². The van der Waals surface area contributed by atoms with Crippen molar-refractivity contribution in [1.29, 1.82) is 0 Å². The van der Waals surface area contributed by atoms with Crippen molar-refractivity contribution in [3.05, 3.63) is 24.9 Å². The molecule has 21 heavy (non-hydrogen) atoms. The van der Waals surface area contributed by atoms with Crippen molar-refractivity contribution in [3.8, 4) is 0 Å². The molecule has 0 aromatic heterocycles. The average Bonchev–Trinajstić information content (AvgIpc) is 2.73. The standard InChI is InChI=1S/C6H5F7.C6H9NO/c7-2-1-5(10,11)6(12,13)3-4(8)9;1-2-7-5-3-4-6(7)8/h3H,1-2H2;2H,1,3-5H2. The number of amides is 1. The molecule has 1 amide bonds. The van der Waals surface area contributed by atoms with E-state index in [2.05, 4.69) is 6.58 Å². The molecule has 0 aliphatic carbocycles. The Balaban J connectivity index is 0.000000423. The molecule has 0 bridgehead atoms. The van der Waals surface area contributed by atoms with E-state index in [0.717, 1.165) is 13.0 Å². The zero-order chi connectivity index (χ0) is 16.7. The highest BCUT2D eigenvalue weighted by Crippen LogP contribution is 2.39. The summed E-state index contributed by atoms with van der Waals surface area (Å²) in [4.78, 5) is 12.3. The third-order valence-corrected chi connectivity index (χ3v) is 2.52. The molecule has 0 saturated carbocycles. The van der Waals surface area contributed by atoms with E-state index in [1.54, 1.807) is 11.1 Å². The van der Waals surface area contributed by atoms with Crippen molar-refractivity contribution >= 4 is 5.91 Å². The lowest BCUT2D eigenvalue weighted by molar-refractivity contribution is -0.185. The molecule has 1 aliphatic heterocycles. The largest absolute Gasteiger partial charge is 0.334 e. The Morgan fingerprint density at radius 2 is 1.86 bits per heavy atom. The van der Waals surface area contributed by atoms with Crippen molar-refractivity contribution in [2.75, 3.05) is 13.2 Å². The van der Waals surface area contributed by atoms with E-state index in [-0.39, 0.29) is 5.91 Å². The summed E-state index contributed by atoms with van der Waals surface area (Å²) in [6.45, 7) is 2.66. The van der Waals surface area contributed by atoms with Gasteiger partial charge in [0.2, 0.25) is 5.91 Å². The molecule has 1 heterocycles. The van der Waals surface area contributed by atoms with Gasteiger partial charge in [-0.2, -0.15) is 26.3 Å². The van der Waals surface area contributed by atoms with Gasteiger partial charge in [-0.25, -0.2) is 0 Å². The quantitative estimate of drug-likeness (QED) is 0.697. The first-order valence-electron chi connectivity index (χ1n) is 5.85. The Morgan fingerprint density at radius 1 is 1.29 bits per heavy atom. The number of hydrogen-bond acceptors (Lipinski definition) is 1. The maximum atomic E-state index is 12.2. The first-order chi connectivity index (χ1) is 9.57.